The molecule has 2 aliphatic heterocycles. The molecule has 0 radical (unpaired) electrons. The van der Waals surface area contributed by atoms with Gasteiger partial charge in [-0.1, -0.05) is 57.2 Å². The lowest BCUT2D eigenvalue weighted by Gasteiger charge is -2.18. The monoisotopic (exact) mass is 476 g/mol. The second kappa shape index (κ2) is 9.52. The highest BCUT2D eigenvalue weighted by atomic mass is 32.2. The Kier molecular flexibility index (Phi) is 6.71. The zero-order chi connectivity index (χ0) is 23.7. The summed E-state index contributed by atoms with van der Waals surface area (Å²) in [7, 11) is 0. The summed E-state index contributed by atoms with van der Waals surface area (Å²) in [5, 5.41) is 20.2. The molecule has 0 unspecified atom stereocenters. The zero-order valence-electron chi connectivity index (χ0n) is 18.7. The Bertz CT molecular complexity index is 1320. The normalized spacial score (nSPS) is 19.5. The first-order chi connectivity index (χ1) is 16.1. The largest absolute Gasteiger partial charge is 0.391 e. The number of aliphatic hydroxyl groups is 1. The van der Waals surface area contributed by atoms with Crippen molar-refractivity contribution in [3.8, 4) is 6.07 Å². The van der Waals surface area contributed by atoms with Crippen LogP contribution in [0.2, 0.25) is 0 Å². The van der Waals surface area contributed by atoms with Crippen LogP contribution in [0.15, 0.2) is 59.0 Å². The predicted molar refractivity (Wildman–Crippen MR) is 133 cm³/mol. The van der Waals surface area contributed by atoms with Crippen LogP contribution in [0.25, 0.3) is 15.7 Å². The minimum Gasteiger partial charge on any atom is -0.391 e. The van der Waals surface area contributed by atoms with E-state index in [1.54, 1.807) is 11.8 Å². The number of thiophene rings is 1. The number of fused-ring (bicyclic) bond motifs is 2. The first kappa shape index (κ1) is 23.2. The SMILES string of the molecule is CC.C[C@H]1Sc2ccccc2[C@H]1C1=C(c2c(CO)sc3ccccc23)C(=O)N(CC#N)C1=O. The number of carbonyl (C=O) groups is 2. The van der Waals surface area contributed by atoms with Crippen LogP contribution in [0.4, 0.5) is 0 Å². The number of carbonyl (C=O) groups excluding carboxylic acids is 2. The molecule has 0 fully saturated rings. The number of imide groups is 1. The third-order valence-corrected chi connectivity index (χ3v) is 8.27. The van der Waals surface area contributed by atoms with Crippen molar-refractivity contribution in [2.75, 3.05) is 6.54 Å². The van der Waals surface area contributed by atoms with Crippen molar-refractivity contribution in [3.05, 3.63) is 70.1 Å². The molecule has 1 aromatic heterocycles. The molecule has 7 heteroatoms. The van der Waals surface area contributed by atoms with E-state index in [4.69, 9.17) is 0 Å². The fourth-order valence-corrected chi connectivity index (χ4v) is 6.96. The maximum atomic E-state index is 13.5. The van der Waals surface area contributed by atoms with Crippen molar-refractivity contribution in [1.29, 1.82) is 5.26 Å². The van der Waals surface area contributed by atoms with Gasteiger partial charge in [-0.2, -0.15) is 5.26 Å². The molecular formula is C26H24N2O3S2. The molecule has 0 spiro atoms. The number of hydrogen-bond acceptors (Lipinski definition) is 6. The predicted octanol–water partition coefficient (Wildman–Crippen LogP) is 5.34. The van der Waals surface area contributed by atoms with Crippen molar-refractivity contribution in [2.24, 2.45) is 0 Å². The van der Waals surface area contributed by atoms with Crippen LogP contribution in [0, 0.1) is 11.3 Å². The number of benzene rings is 2. The average molecular weight is 477 g/mol. The van der Waals surface area contributed by atoms with E-state index in [0.29, 0.717) is 21.6 Å². The Morgan fingerprint density at radius 3 is 2.48 bits per heavy atom. The number of nitriles is 1. The van der Waals surface area contributed by atoms with Crippen LogP contribution in [0.3, 0.4) is 0 Å². The van der Waals surface area contributed by atoms with Crippen molar-refractivity contribution < 1.29 is 14.7 Å². The average Bonchev–Trinajstić information content (AvgIpc) is 3.44. The van der Waals surface area contributed by atoms with Gasteiger partial charge in [0.05, 0.1) is 18.2 Å². The lowest BCUT2D eigenvalue weighted by atomic mass is 9.84. The highest BCUT2D eigenvalue weighted by Gasteiger charge is 2.47. The molecule has 33 heavy (non-hydrogen) atoms. The lowest BCUT2D eigenvalue weighted by molar-refractivity contribution is -0.136. The fourth-order valence-electron chi connectivity index (χ4n) is 4.58. The molecule has 2 atom stereocenters. The van der Waals surface area contributed by atoms with E-state index >= 15 is 0 Å². The van der Waals surface area contributed by atoms with E-state index in [1.165, 1.54) is 11.3 Å². The van der Waals surface area contributed by atoms with Gasteiger partial charge in [0.25, 0.3) is 11.8 Å². The molecule has 2 aliphatic rings. The van der Waals surface area contributed by atoms with E-state index in [0.717, 1.165) is 25.4 Å². The van der Waals surface area contributed by atoms with Crippen LogP contribution in [0.5, 0.6) is 0 Å². The molecule has 2 aromatic carbocycles. The summed E-state index contributed by atoms with van der Waals surface area (Å²) < 4.78 is 0.946. The molecule has 3 heterocycles. The molecule has 1 N–H and O–H groups in total. The number of aliphatic hydroxyl groups excluding tert-OH is 1. The summed E-state index contributed by atoms with van der Waals surface area (Å²) in [4.78, 5) is 29.8. The molecule has 0 aliphatic carbocycles. The smallest absolute Gasteiger partial charge is 0.262 e. The Morgan fingerprint density at radius 2 is 1.76 bits per heavy atom. The topological polar surface area (TPSA) is 81.4 Å². The van der Waals surface area contributed by atoms with Gasteiger partial charge in [-0.3, -0.25) is 14.5 Å². The van der Waals surface area contributed by atoms with Crippen LogP contribution in [0.1, 0.15) is 42.7 Å². The van der Waals surface area contributed by atoms with Crippen LogP contribution in [-0.4, -0.2) is 33.6 Å². The number of rotatable bonds is 4. The Labute approximate surface area is 201 Å². The number of nitrogens with zero attached hydrogens (tertiary/aromatic N) is 2. The zero-order valence-corrected chi connectivity index (χ0v) is 20.3. The third kappa shape index (κ3) is 3.68. The molecule has 0 bridgehead atoms. The van der Waals surface area contributed by atoms with E-state index in [1.807, 2.05) is 68.4 Å². The highest BCUT2D eigenvalue weighted by molar-refractivity contribution is 8.00. The van der Waals surface area contributed by atoms with Crippen molar-refractivity contribution in [3.63, 3.8) is 0 Å². The van der Waals surface area contributed by atoms with Gasteiger partial charge in [0.2, 0.25) is 0 Å². The Morgan fingerprint density at radius 1 is 1.06 bits per heavy atom. The van der Waals surface area contributed by atoms with Gasteiger partial charge in [0.1, 0.15) is 6.54 Å². The van der Waals surface area contributed by atoms with E-state index < -0.39 is 11.8 Å². The fraction of sp³-hybridized carbons (Fsp3) is 0.269. The minimum absolute atomic E-state index is 0.0589. The second-order valence-electron chi connectivity index (χ2n) is 7.54. The van der Waals surface area contributed by atoms with Crippen LogP contribution >= 0.6 is 23.1 Å². The summed E-state index contributed by atoms with van der Waals surface area (Å²) >= 11 is 3.11. The van der Waals surface area contributed by atoms with Crippen LogP contribution in [-0.2, 0) is 16.2 Å². The van der Waals surface area contributed by atoms with Crippen molar-refractivity contribution in [1.82, 2.24) is 4.90 Å². The Balaban J connectivity index is 0.00000126. The minimum atomic E-state index is -0.457. The van der Waals surface area contributed by atoms with Gasteiger partial charge >= 0.3 is 0 Å². The summed E-state index contributed by atoms with van der Waals surface area (Å²) in [5.41, 5.74) is 2.41. The number of thioether (sulfide) groups is 1. The Hall–Kier alpha value is -2.92. The molecule has 3 aromatic rings. The summed E-state index contributed by atoms with van der Waals surface area (Å²) in [6, 6.07) is 17.6. The molecule has 5 rings (SSSR count). The molecule has 5 nitrogen and oxygen atoms in total. The quantitative estimate of drug-likeness (QED) is 0.406. The first-order valence-corrected chi connectivity index (χ1v) is 12.6. The number of hydrogen-bond donors (Lipinski definition) is 1. The van der Waals surface area contributed by atoms with Gasteiger partial charge in [-0.05, 0) is 17.7 Å². The highest BCUT2D eigenvalue weighted by Crippen LogP contribution is 2.53. The lowest BCUT2D eigenvalue weighted by Crippen LogP contribution is -2.33. The van der Waals surface area contributed by atoms with Gasteiger partial charge < -0.3 is 5.11 Å². The molecule has 0 saturated carbocycles. The van der Waals surface area contributed by atoms with E-state index in [2.05, 4.69) is 6.92 Å². The summed E-state index contributed by atoms with van der Waals surface area (Å²) in [6.07, 6.45) is 0. The van der Waals surface area contributed by atoms with Crippen molar-refractivity contribution in [2.45, 2.75) is 43.4 Å². The van der Waals surface area contributed by atoms with E-state index in [9.17, 15) is 20.0 Å². The summed E-state index contributed by atoms with van der Waals surface area (Å²) in [6.45, 7) is 5.54. The van der Waals surface area contributed by atoms with Gasteiger partial charge in [0.15, 0.2) is 0 Å². The van der Waals surface area contributed by atoms with Gasteiger partial charge in [-0.15, -0.1) is 23.1 Å². The van der Waals surface area contributed by atoms with Gasteiger partial charge in [0, 0.05) is 42.2 Å². The molecule has 168 valence electrons. The van der Waals surface area contributed by atoms with Gasteiger partial charge in [-0.25, -0.2) is 0 Å². The molecule has 2 amide bonds. The van der Waals surface area contributed by atoms with Crippen molar-refractivity contribution >= 4 is 50.6 Å². The summed E-state index contributed by atoms with van der Waals surface area (Å²) in [5.74, 6) is -1.13. The standard InChI is InChI=1S/C24H18N2O3S2.C2H6/c1-13-19(14-6-2-4-8-16(14)30-13)21-22(24(29)26(11-10-25)23(21)28)20-15-7-3-5-9-17(15)31-18(20)12-27;1-2/h2-9,13,19,27H,11-12H2,1H3;1-2H3/t13-,19+;/m1./s1. The number of amides is 2. The third-order valence-electron chi connectivity index (χ3n) is 5.84. The molecule has 0 saturated heterocycles. The maximum Gasteiger partial charge on any atom is 0.262 e. The molecular weight excluding hydrogens is 452 g/mol. The first-order valence-electron chi connectivity index (χ1n) is 10.9. The maximum absolute atomic E-state index is 13.5. The van der Waals surface area contributed by atoms with Crippen LogP contribution < -0.4 is 0 Å². The second-order valence-corrected chi connectivity index (χ2v) is 10.1. The van der Waals surface area contributed by atoms with E-state index in [-0.39, 0.29) is 24.3 Å².